The van der Waals surface area contributed by atoms with Gasteiger partial charge in [-0.05, 0) is 25.1 Å². The zero-order valence-electron chi connectivity index (χ0n) is 11.5. The van der Waals surface area contributed by atoms with Crippen LogP contribution in [0.4, 0.5) is 0 Å². The summed E-state index contributed by atoms with van der Waals surface area (Å²) in [4.78, 5) is 23.9. The Labute approximate surface area is 133 Å². The Morgan fingerprint density at radius 3 is 2.81 bits per heavy atom. The van der Waals surface area contributed by atoms with Crippen molar-refractivity contribution in [1.82, 2.24) is 4.57 Å². The molecule has 1 aromatic carbocycles. The molecule has 21 heavy (non-hydrogen) atoms. The summed E-state index contributed by atoms with van der Waals surface area (Å²) in [6.45, 7) is 1.71. The van der Waals surface area contributed by atoms with Crippen molar-refractivity contribution < 1.29 is 19.1 Å². The van der Waals surface area contributed by atoms with E-state index in [0.29, 0.717) is 10.6 Å². The van der Waals surface area contributed by atoms with Crippen molar-refractivity contribution in [2.75, 3.05) is 13.7 Å². The van der Waals surface area contributed by atoms with Gasteiger partial charge in [-0.15, -0.1) is 0 Å². The van der Waals surface area contributed by atoms with Crippen LogP contribution in [0.15, 0.2) is 22.2 Å². The van der Waals surface area contributed by atoms with E-state index in [9.17, 15) is 9.59 Å². The number of carbonyl (C=O) groups excluding carboxylic acids is 2. The van der Waals surface area contributed by atoms with Gasteiger partial charge in [-0.25, -0.2) is 4.79 Å². The lowest BCUT2D eigenvalue weighted by molar-refractivity contribution is -0.153. The molecule has 0 aliphatic heterocycles. The highest BCUT2D eigenvalue weighted by Gasteiger charge is 2.18. The zero-order chi connectivity index (χ0) is 15.4. The SMILES string of the molecule is CCOC(=O)C(=O)Cn1/c(=N/Br)sc2cc(OC)ccc21. The van der Waals surface area contributed by atoms with Crippen LogP contribution in [0.3, 0.4) is 0 Å². The van der Waals surface area contributed by atoms with Crippen LogP contribution in [0.1, 0.15) is 6.92 Å². The van der Waals surface area contributed by atoms with Gasteiger partial charge in [-0.3, -0.25) is 4.79 Å². The number of esters is 1. The van der Waals surface area contributed by atoms with E-state index in [1.807, 2.05) is 12.1 Å². The molecule has 0 saturated heterocycles. The molecule has 0 saturated carbocycles. The molecule has 1 aromatic heterocycles. The number of fused-ring (bicyclic) bond motifs is 1. The van der Waals surface area contributed by atoms with Crippen molar-refractivity contribution in [3.63, 3.8) is 0 Å². The molecule has 2 aromatic rings. The van der Waals surface area contributed by atoms with Crippen molar-refractivity contribution in [3.05, 3.63) is 23.0 Å². The standard InChI is InChI=1S/C13H13BrN2O4S/c1-3-20-12(18)10(17)7-16-9-5-4-8(19-2)6-11(9)21-13(16)15-14/h4-6H,3,7H2,1-2H3/b15-13-. The summed E-state index contributed by atoms with van der Waals surface area (Å²) in [5, 5.41) is 0. The van der Waals surface area contributed by atoms with E-state index < -0.39 is 11.8 Å². The minimum Gasteiger partial charge on any atom is -0.497 e. The van der Waals surface area contributed by atoms with Crippen molar-refractivity contribution in [3.8, 4) is 5.75 Å². The first-order chi connectivity index (χ1) is 10.1. The lowest BCUT2D eigenvalue weighted by atomic mass is 10.3. The van der Waals surface area contributed by atoms with E-state index in [1.165, 1.54) is 11.3 Å². The van der Waals surface area contributed by atoms with Gasteiger partial charge >= 0.3 is 5.97 Å². The maximum absolute atomic E-state index is 11.9. The van der Waals surface area contributed by atoms with Gasteiger partial charge in [0.2, 0.25) is 0 Å². The third-order valence-electron chi connectivity index (χ3n) is 2.77. The molecule has 0 amide bonds. The van der Waals surface area contributed by atoms with Crippen LogP contribution >= 0.6 is 27.5 Å². The molecule has 0 spiro atoms. The Morgan fingerprint density at radius 1 is 1.43 bits per heavy atom. The van der Waals surface area contributed by atoms with Crippen LogP contribution in [0.5, 0.6) is 5.75 Å². The van der Waals surface area contributed by atoms with Crippen molar-refractivity contribution in [1.29, 1.82) is 0 Å². The normalized spacial score (nSPS) is 11.7. The van der Waals surface area contributed by atoms with Crippen LogP contribution in [-0.4, -0.2) is 30.0 Å². The largest absolute Gasteiger partial charge is 0.497 e. The monoisotopic (exact) mass is 372 g/mol. The predicted octanol–water partition coefficient (Wildman–Crippen LogP) is 2.05. The van der Waals surface area contributed by atoms with Gasteiger partial charge < -0.3 is 14.0 Å². The highest BCUT2D eigenvalue weighted by atomic mass is 79.9. The molecule has 0 aliphatic carbocycles. The molecule has 0 bridgehead atoms. The Morgan fingerprint density at radius 2 is 2.19 bits per heavy atom. The number of benzene rings is 1. The van der Waals surface area contributed by atoms with Crippen molar-refractivity contribution in [2.45, 2.75) is 13.5 Å². The number of hydrogen-bond acceptors (Lipinski definition) is 6. The number of Topliss-reactive ketones (excluding diaryl/α,β-unsaturated/α-hetero) is 1. The van der Waals surface area contributed by atoms with Gasteiger partial charge in [0, 0.05) is 0 Å². The molecular weight excluding hydrogens is 360 g/mol. The Bertz CT molecular complexity index is 750. The summed E-state index contributed by atoms with van der Waals surface area (Å²) in [7, 11) is 1.59. The molecule has 0 atom stereocenters. The fourth-order valence-electron chi connectivity index (χ4n) is 1.82. The summed E-state index contributed by atoms with van der Waals surface area (Å²) >= 11 is 4.42. The Hall–Kier alpha value is -1.67. The topological polar surface area (TPSA) is 69.9 Å². The number of halogens is 1. The number of ether oxygens (including phenoxy) is 2. The summed E-state index contributed by atoms with van der Waals surface area (Å²) in [6, 6.07) is 5.47. The highest BCUT2D eigenvalue weighted by molar-refractivity contribution is 9.08. The summed E-state index contributed by atoms with van der Waals surface area (Å²) in [5.41, 5.74) is 0.802. The number of ketones is 1. The van der Waals surface area contributed by atoms with Gasteiger partial charge in [0.15, 0.2) is 4.80 Å². The maximum atomic E-state index is 11.9. The van der Waals surface area contributed by atoms with E-state index in [1.54, 1.807) is 24.7 Å². The molecule has 1 heterocycles. The number of aromatic nitrogens is 1. The van der Waals surface area contributed by atoms with Gasteiger partial charge in [0.05, 0.1) is 46.6 Å². The summed E-state index contributed by atoms with van der Waals surface area (Å²) < 4.78 is 16.4. The average Bonchev–Trinajstić information content (AvgIpc) is 2.84. The zero-order valence-corrected chi connectivity index (χ0v) is 13.9. The molecule has 0 fully saturated rings. The number of carbonyl (C=O) groups is 2. The molecule has 0 N–H and O–H groups in total. The van der Waals surface area contributed by atoms with Crippen molar-refractivity contribution >= 4 is 49.5 Å². The van der Waals surface area contributed by atoms with Gasteiger partial charge in [0.1, 0.15) is 5.75 Å². The first-order valence-corrected chi connectivity index (χ1v) is 7.65. The predicted molar refractivity (Wildman–Crippen MR) is 82.5 cm³/mol. The second kappa shape index (κ2) is 6.86. The molecule has 8 heteroatoms. The Balaban J connectivity index is 2.43. The summed E-state index contributed by atoms with van der Waals surface area (Å²) in [5.74, 6) is -0.734. The van der Waals surface area contributed by atoms with Gasteiger partial charge in [-0.1, -0.05) is 11.3 Å². The first-order valence-electron chi connectivity index (χ1n) is 6.13. The fourth-order valence-corrected chi connectivity index (χ4v) is 3.19. The van der Waals surface area contributed by atoms with E-state index in [4.69, 9.17) is 9.47 Å². The average molecular weight is 373 g/mol. The van der Waals surface area contributed by atoms with Crippen LogP contribution in [-0.2, 0) is 20.9 Å². The fraction of sp³-hybridized carbons (Fsp3) is 0.308. The lowest BCUT2D eigenvalue weighted by Gasteiger charge is -2.05. The molecular formula is C13H13BrN2O4S. The molecule has 0 unspecified atom stereocenters. The van der Waals surface area contributed by atoms with Crippen LogP contribution in [0.2, 0.25) is 0 Å². The van der Waals surface area contributed by atoms with E-state index >= 15 is 0 Å². The number of nitrogens with zero attached hydrogens (tertiary/aromatic N) is 2. The quantitative estimate of drug-likeness (QED) is 0.594. The maximum Gasteiger partial charge on any atom is 0.376 e. The molecule has 0 radical (unpaired) electrons. The van der Waals surface area contributed by atoms with Crippen LogP contribution in [0.25, 0.3) is 10.2 Å². The van der Waals surface area contributed by atoms with Crippen LogP contribution < -0.4 is 9.54 Å². The smallest absolute Gasteiger partial charge is 0.376 e. The Kier molecular flexibility index (Phi) is 5.13. The number of methoxy groups -OCH3 is 1. The third kappa shape index (κ3) is 3.33. The highest BCUT2D eigenvalue weighted by Crippen LogP contribution is 2.23. The molecule has 6 nitrogen and oxygen atoms in total. The minimum atomic E-state index is -0.835. The minimum absolute atomic E-state index is 0.115. The summed E-state index contributed by atoms with van der Waals surface area (Å²) in [6.07, 6.45) is 0. The first kappa shape index (κ1) is 15.7. The lowest BCUT2D eigenvalue weighted by Crippen LogP contribution is -2.26. The van der Waals surface area contributed by atoms with Gasteiger partial charge in [-0.2, -0.15) is 4.02 Å². The number of hydrogen-bond donors (Lipinski definition) is 0. The third-order valence-corrected chi connectivity index (χ3v) is 4.38. The van der Waals surface area contributed by atoms with Crippen LogP contribution in [0, 0.1) is 0 Å². The molecule has 0 aliphatic rings. The molecule has 112 valence electrons. The number of rotatable bonds is 5. The van der Waals surface area contributed by atoms with E-state index in [-0.39, 0.29) is 13.2 Å². The number of thiazole rings is 1. The van der Waals surface area contributed by atoms with E-state index in [0.717, 1.165) is 10.2 Å². The molecule has 2 rings (SSSR count). The second-order valence-electron chi connectivity index (χ2n) is 4.03. The van der Waals surface area contributed by atoms with Gasteiger partial charge in [0.25, 0.3) is 5.78 Å². The van der Waals surface area contributed by atoms with E-state index in [2.05, 4.69) is 20.2 Å². The second-order valence-corrected chi connectivity index (χ2v) is 5.40. The van der Waals surface area contributed by atoms with Crippen molar-refractivity contribution in [2.24, 2.45) is 4.02 Å².